The summed E-state index contributed by atoms with van der Waals surface area (Å²) in [6.45, 7) is 6.44. The Hall–Kier alpha value is -3.41. The van der Waals surface area contributed by atoms with E-state index in [1.54, 1.807) is 24.3 Å². The summed E-state index contributed by atoms with van der Waals surface area (Å²) in [4.78, 5) is 28.9. The smallest absolute Gasteiger partial charge is 0.238 e. The van der Waals surface area contributed by atoms with E-state index in [0.717, 1.165) is 37.7 Å². The quantitative estimate of drug-likeness (QED) is 0.629. The SMILES string of the molecule is CCN(CCC(=O)Nc1ccccc1C#N)CC(=O)Nc1ccc(N2CCOCC2)cc1. The van der Waals surface area contributed by atoms with Crippen molar-refractivity contribution in [2.45, 2.75) is 13.3 Å². The molecule has 1 aliphatic heterocycles. The van der Waals surface area contributed by atoms with Crippen molar-refractivity contribution in [2.24, 2.45) is 0 Å². The standard InChI is InChI=1S/C24H29N5O3/c1-2-28(12-11-23(30)27-22-6-4-3-5-19(22)17-25)18-24(31)26-20-7-9-21(10-8-20)29-13-15-32-16-14-29/h3-10H,2,11-16,18H2,1H3,(H,26,31)(H,27,30). The van der Waals surface area contributed by atoms with Gasteiger partial charge in [-0.1, -0.05) is 19.1 Å². The Balaban J connectivity index is 1.45. The lowest BCUT2D eigenvalue weighted by Gasteiger charge is -2.29. The van der Waals surface area contributed by atoms with Gasteiger partial charge in [-0.2, -0.15) is 5.26 Å². The summed E-state index contributed by atoms with van der Waals surface area (Å²) in [7, 11) is 0. The molecule has 1 saturated heterocycles. The number of anilines is 3. The third kappa shape index (κ3) is 6.80. The molecule has 2 aromatic carbocycles. The Morgan fingerprint density at radius 2 is 1.78 bits per heavy atom. The maximum Gasteiger partial charge on any atom is 0.238 e. The third-order valence-corrected chi connectivity index (χ3v) is 5.32. The van der Waals surface area contributed by atoms with E-state index >= 15 is 0 Å². The predicted molar refractivity (Wildman–Crippen MR) is 125 cm³/mol. The van der Waals surface area contributed by atoms with Gasteiger partial charge in [-0.15, -0.1) is 0 Å². The number of benzene rings is 2. The molecule has 1 aliphatic rings. The molecule has 0 spiro atoms. The number of likely N-dealkylation sites (N-methyl/N-ethyl adjacent to an activating group) is 1. The first kappa shape index (κ1) is 23.3. The topological polar surface area (TPSA) is 97.7 Å². The second-order valence-electron chi connectivity index (χ2n) is 7.52. The second kappa shape index (κ2) is 11.8. The lowest BCUT2D eigenvalue weighted by Crippen LogP contribution is -2.36. The molecular formula is C24H29N5O3. The number of amides is 2. The molecule has 1 heterocycles. The van der Waals surface area contributed by atoms with Crippen molar-refractivity contribution in [3.63, 3.8) is 0 Å². The lowest BCUT2D eigenvalue weighted by atomic mass is 10.2. The molecule has 0 unspecified atom stereocenters. The number of ether oxygens (including phenoxy) is 1. The van der Waals surface area contributed by atoms with E-state index in [1.165, 1.54) is 0 Å². The number of rotatable bonds is 9. The van der Waals surface area contributed by atoms with E-state index in [9.17, 15) is 9.59 Å². The molecule has 0 aromatic heterocycles. The van der Waals surface area contributed by atoms with E-state index < -0.39 is 0 Å². The average Bonchev–Trinajstić information content (AvgIpc) is 2.83. The third-order valence-electron chi connectivity index (χ3n) is 5.32. The summed E-state index contributed by atoms with van der Waals surface area (Å²) in [6, 6.07) is 16.8. The van der Waals surface area contributed by atoms with E-state index in [2.05, 4.69) is 21.6 Å². The van der Waals surface area contributed by atoms with Gasteiger partial charge in [0.15, 0.2) is 0 Å². The van der Waals surface area contributed by atoms with Gasteiger partial charge in [-0.3, -0.25) is 14.5 Å². The van der Waals surface area contributed by atoms with Crippen molar-refractivity contribution in [2.75, 3.05) is 61.5 Å². The van der Waals surface area contributed by atoms with Crippen molar-refractivity contribution in [3.05, 3.63) is 54.1 Å². The summed E-state index contributed by atoms with van der Waals surface area (Å²) < 4.78 is 5.38. The van der Waals surface area contributed by atoms with Gasteiger partial charge in [0, 0.05) is 37.4 Å². The van der Waals surface area contributed by atoms with Crippen LogP contribution in [0.1, 0.15) is 18.9 Å². The number of nitrogens with one attached hydrogen (secondary N) is 2. The lowest BCUT2D eigenvalue weighted by molar-refractivity contribution is -0.119. The van der Waals surface area contributed by atoms with Crippen LogP contribution in [0, 0.1) is 11.3 Å². The predicted octanol–water partition coefficient (Wildman–Crippen LogP) is 2.68. The van der Waals surface area contributed by atoms with Crippen LogP contribution in [0.5, 0.6) is 0 Å². The van der Waals surface area contributed by atoms with Gasteiger partial charge in [0.05, 0.1) is 31.0 Å². The number of nitrogens with zero attached hydrogens (tertiary/aromatic N) is 3. The molecule has 0 saturated carbocycles. The van der Waals surface area contributed by atoms with Crippen LogP contribution in [0.4, 0.5) is 17.1 Å². The number of para-hydroxylation sites is 1. The zero-order chi connectivity index (χ0) is 22.8. The summed E-state index contributed by atoms with van der Waals surface area (Å²) in [5.41, 5.74) is 2.79. The number of carbonyl (C=O) groups excluding carboxylic acids is 2. The molecule has 1 fully saturated rings. The molecule has 8 heteroatoms. The number of carbonyl (C=O) groups is 2. The average molecular weight is 436 g/mol. The van der Waals surface area contributed by atoms with Crippen molar-refractivity contribution in [3.8, 4) is 6.07 Å². The van der Waals surface area contributed by atoms with E-state index in [0.29, 0.717) is 24.3 Å². The van der Waals surface area contributed by atoms with Crippen LogP contribution in [0.15, 0.2) is 48.5 Å². The summed E-state index contributed by atoms with van der Waals surface area (Å²) >= 11 is 0. The van der Waals surface area contributed by atoms with Crippen molar-refractivity contribution >= 4 is 28.9 Å². The van der Waals surface area contributed by atoms with Gasteiger partial charge >= 0.3 is 0 Å². The Bertz CT molecular complexity index is 949. The van der Waals surface area contributed by atoms with Gasteiger partial charge in [-0.25, -0.2) is 0 Å². The highest BCUT2D eigenvalue weighted by molar-refractivity contribution is 5.93. The largest absolute Gasteiger partial charge is 0.378 e. The Kier molecular flexibility index (Phi) is 8.61. The molecule has 168 valence electrons. The zero-order valence-corrected chi connectivity index (χ0v) is 18.3. The Morgan fingerprint density at radius 3 is 2.47 bits per heavy atom. The van der Waals surface area contributed by atoms with Crippen molar-refractivity contribution < 1.29 is 14.3 Å². The minimum atomic E-state index is -0.190. The van der Waals surface area contributed by atoms with Gasteiger partial charge in [-0.05, 0) is 42.9 Å². The fourth-order valence-electron chi connectivity index (χ4n) is 3.49. The Morgan fingerprint density at radius 1 is 1.06 bits per heavy atom. The highest BCUT2D eigenvalue weighted by Crippen LogP contribution is 2.19. The summed E-state index contributed by atoms with van der Waals surface area (Å²) in [6.07, 6.45) is 0.231. The molecule has 32 heavy (non-hydrogen) atoms. The van der Waals surface area contributed by atoms with Gasteiger partial charge in [0.25, 0.3) is 0 Å². The Labute approximate surface area is 188 Å². The van der Waals surface area contributed by atoms with Crippen molar-refractivity contribution in [1.29, 1.82) is 5.26 Å². The second-order valence-corrected chi connectivity index (χ2v) is 7.52. The maximum atomic E-state index is 12.5. The first-order valence-corrected chi connectivity index (χ1v) is 10.8. The minimum absolute atomic E-state index is 0.124. The summed E-state index contributed by atoms with van der Waals surface area (Å²) in [5.74, 6) is -0.313. The van der Waals surface area contributed by atoms with Crippen LogP contribution < -0.4 is 15.5 Å². The fraction of sp³-hybridized carbons (Fsp3) is 0.375. The van der Waals surface area contributed by atoms with E-state index in [1.807, 2.05) is 36.1 Å². The molecule has 3 rings (SSSR count). The highest BCUT2D eigenvalue weighted by Gasteiger charge is 2.14. The monoisotopic (exact) mass is 435 g/mol. The van der Waals surface area contributed by atoms with Gasteiger partial charge < -0.3 is 20.3 Å². The van der Waals surface area contributed by atoms with Crippen LogP contribution in [0.25, 0.3) is 0 Å². The zero-order valence-electron chi connectivity index (χ0n) is 18.3. The van der Waals surface area contributed by atoms with Crippen LogP contribution in [-0.2, 0) is 14.3 Å². The summed E-state index contributed by atoms with van der Waals surface area (Å²) in [5, 5.41) is 14.8. The maximum absolute atomic E-state index is 12.5. The van der Waals surface area contributed by atoms with Gasteiger partial charge in [0.2, 0.25) is 11.8 Å². The molecule has 8 nitrogen and oxygen atoms in total. The normalized spacial score (nSPS) is 13.5. The fourth-order valence-corrected chi connectivity index (χ4v) is 3.49. The molecule has 0 bridgehead atoms. The van der Waals surface area contributed by atoms with Crippen molar-refractivity contribution in [1.82, 2.24) is 4.90 Å². The molecule has 0 atom stereocenters. The first-order chi connectivity index (χ1) is 15.6. The number of hydrogen-bond donors (Lipinski definition) is 2. The van der Waals surface area contributed by atoms with Crippen LogP contribution in [0.2, 0.25) is 0 Å². The molecule has 2 aromatic rings. The van der Waals surface area contributed by atoms with Crippen LogP contribution >= 0.6 is 0 Å². The molecular weight excluding hydrogens is 406 g/mol. The number of morpholine rings is 1. The van der Waals surface area contributed by atoms with Crippen LogP contribution in [0.3, 0.4) is 0 Å². The van der Waals surface area contributed by atoms with Gasteiger partial charge in [0.1, 0.15) is 6.07 Å². The molecule has 0 radical (unpaired) electrons. The van der Waals surface area contributed by atoms with Crippen LogP contribution in [-0.4, -0.2) is 62.7 Å². The number of nitriles is 1. The highest BCUT2D eigenvalue weighted by atomic mass is 16.5. The number of hydrogen-bond acceptors (Lipinski definition) is 6. The minimum Gasteiger partial charge on any atom is -0.378 e. The van der Waals surface area contributed by atoms with E-state index in [4.69, 9.17) is 10.00 Å². The van der Waals surface area contributed by atoms with E-state index in [-0.39, 0.29) is 24.8 Å². The first-order valence-electron chi connectivity index (χ1n) is 10.8. The molecule has 2 amide bonds. The molecule has 2 N–H and O–H groups in total. The molecule has 0 aliphatic carbocycles.